The zero-order valence-electron chi connectivity index (χ0n) is 16.8. The summed E-state index contributed by atoms with van der Waals surface area (Å²) in [4.78, 5) is 37.4. The molecule has 2 atom stereocenters. The van der Waals surface area contributed by atoms with Crippen molar-refractivity contribution in [3.8, 4) is 5.75 Å². The fourth-order valence-corrected chi connectivity index (χ4v) is 3.21. The minimum absolute atomic E-state index is 0.119. The third-order valence-corrected chi connectivity index (χ3v) is 4.83. The minimum atomic E-state index is -0.845. The summed E-state index contributed by atoms with van der Waals surface area (Å²) >= 11 is 0. The molecule has 158 valence electrons. The van der Waals surface area contributed by atoms with Crippen LogP contribution in [-0.4, -0.2) is 29.9 Å². The number of carbonyl (C=O) groups excluding carboxylic acids is 3. The van der Waals surface area contributed by atoms with Crippen molar-refractivity contribution < 1.29 is 23.5 Å². The van der Waals surface area contributed by atoms with Gasteiger partial charge in [-0.15, -0.1) is 0 Å². The van der Waals surface area contributed by atoms with Gasteiger partial charge in [-0.1, -0.05) is 30.3 Å². The molecular weight excluding hydrogens is 398 g/mol. The van der Waals surface area contributed by atoms with Crippen molar-refractivity contribution >= 4 is 29.1 Å². The van der Waals surface area contributed by atoms with E-state index < -0.39 is 24.0 Å². The smallest absolute Gasteiger partial charge is 0.287 e. The molecule has 2 aromatic carbocycles. The quantitative estimate of drug-likeness (QED) is 0.569. The van der Waals surface area contributed by atoms with Crippen molar-refractivity contribution in [1.82, 2.24) is 5.32 Å². The molecule has 3 N–H and O–H groups in total. The van der Waals surface area contributed by atoms with Crippen molar-refractivity contribution in [2.24, 2.45) is 0 Å². The Hall–Kier alpha value is -4.07. The highest BCUT2D eigenvalue weighted by Crippen LogP contribution is 2.32. The van der Waals surface area contributed by atoms with Gasteiger partial charge in [0.25, 0.3) is 11.8 Å². The van der Waals surface area contributed by atoms with E-state index in [4.69, 9.17) is 9.15 Å². The van der Waals surface area contributed by atoms with Gasteiger partial charge in [0.15, 0.2) is 11.9 Å². The van der Waals surface area contributed by atoms with E-state index in [0.29, 0.717) is 23.5 Å². The van der Waals surface area contributed by atoms with E-state index in [9.17, 15) is 14.4 Å². The Bertz CT molecular complexity index is 1100. The molecular formula is C23H21N3O5. The van der Waals surface area contributed by atoms with Crippen molar-refractivity contribution in [1.29, 1.82) is 0 Å². The van der Waals surface area contributed by atoms with Gasteiger partial charge in [0.2, 0.25) is 5.91 Å². The van der Waals surface area contributed by atoms with Crippen molar-refractivity contribution in [2.45, 2.75) is 25.5 Å². The molecule has 4 rings (SSSR count). The van der Waals surface area contributed by atoms with Crippen LogP contribution in [0.15, 0.2) is 71.3 Å². The maximum atomic E-state index is 13.0. The van der Waals surface area contributed by atoms with Gasteiger partial charge in [0.05, 0.1) is 12.0 Å². The van der Waals surface area contributed by atoms with E-state index in [1.54, 1.807) is 31.2 Å². The molecule has 2 heterocycles. The molecule has 0 aliphatic carbocycles. The fraction of sp³-hybridized carbons (Fsp3) is 0.174. The summed E-state index contributed by atoms with van der Waals surface area (Å²) in [6.07, 6.45) is 1.10. The summed E-state index contributed by atoms with van der Waals surface area (Å²) in [5.74, 6) is -0.504. The number of amides is 3. The molecule has 0 spiro atoms. The lowest BCUT2D eigenvalue weighted by Gasteiger charge is -2.24. The summed E-state index contributed by atoms with van der Waals surface area (Å²) in [5.41, 5.74) is 1.83. The SMILES string of the molecule is CC1Oc2ccc(NC(=O)[C@@H](Cc3ccccc3)NC(=O)c3ccco3)cc2NC1=O. The van der Waals surface area contributed by atoms with Crippen molar-refractivity contribution in [2.75, 3.05) is 10.6 Å². The summed E-state index contributed by atoms with van der Waals surface area (Å²) in [5, 5.41) is 8.27. The predicted octanol–water partition coefficient (Wildman–Crippen LogP) is 2.98. The van der Waals surface area contributed by atoms with E-state index in [2.05, 4.69) is 16.0 Å². The Labute approximate surface area is 178 Å². The number of furan rings is 1. The summed E-state index contributed by atoms with van der Waals surface area (Å²) < 4.78 is 10.7. The van der Waals surface area contributed by atoms with E-state index in [1.165, 1.54) is 12.3 Å². The van der Waals surface area contributed by atoms with Gasteiger partial charge in [0, 0.05) is 12.1 Å². The van der Waals surface area contributed by atoms with Crippen molar-refractivity contribution in [3.05, 3.63) is 78.3 Å². The summed E-state index contributed by atoms with van der Waals surface area (Å²) in [6.45, 7) is 1.66. The van der Waals surface area contributed by atoms with Crippen LogP contribution in [0.25, 0.3) is 0 Å². The number of ether oxygens (including phenoxy) is 1. The Morgan fingerprint density at radius 1 is 1.10 bits per heavy atom. The molecule has 0 saturated heterocycles. The van der Waals surface area contributed by atoms with Crippen LogP contribution in [0.4, 0.5) is 11.4 Å². The molecule has 1 aromatic heterocycles. The summed E-state index contributed by atoms with van der Waals surface area (Å²) in [6, 6.07) is 16.6. The normalized spacial score (nSPS) is 15.8. The lowest BCUT2D eigenvalue weighted by molar-refractivity contribution is -0.122. The third kappa shape index (κ3) is 4.75. The number of benzene rings is 2. The minimum Gasteiger partial charge on any atom is -0.479 e. The molecule has 3 amide bonds. The second-order valence-electron chi connectivity index (χ2n) is 7.14. The average molecular weight is 419 g/mol. The number of rotatable bonds is 6. The van der Waals surface area contributed by atoms with Crippen molar-refractivity contribution in [3.63, 3.8) is 0 Å². The first-order valence-electron chi connectivity index (χ1n) is 9.80. The maximum absolute atomic E-state index is 13.0. The Kier molecular flexibility index (Phi) is 5.70. The molecule has 3 aromatic rings. The van der Waals surface area contributed by atoms with Gasteiger partial charge in [-0.05, 0) is 42.8 Å². The number of carbonyl (C=O) groups is 3. The topological polar surface area (TPSA) is 110 Å². The standard InChI is InChI=1S/C23H21N3O5/c1-14-21(27)25-17-13-16(9-10-19(17)31-14)24-22(28)18(12-15-6-3-2-4-7-15)26-23(29)20-8-5-11-30-20/h2-11,13-14,18H,12H2,1H3,(H,24,28)(H,25,27)(H,26,29)/t14?,18-/m1/s1. The van der Waals surface area contributed by atoms with Gasteiger partial charge in [0.1, 0.15) is 11.8 Å². The molecule has 0 saturated carbocycles. The number of hydrogen-bond acceptors (Lipinski definition) is 5. The molecule has 8 nitrogen and oxygen atoms in total. The first-order chi connectivity index (χ1) is 15.0. The highest BCUT2D eigenvalue weighted by molar-refractivity contribution is 6.02. The van der Waals surface area contributed by atoms with E-state index in [0.717, 1.165) is 5.56 Å². The van der Waals surface area contributed by atoms with Gasteiger partial charge in [-0.2, -0.15) is 0 Å². The molecule has 0 bridgehead atoms. The van der Waals surface area contributed by atoms with Gasteiger partial charge >= 0.3 is 0 Å². The third-order valence-electron chi connectivity index (χ3n) is 4.83. The Morgan fingerprint density at radius 2 is 1.90 bits per heavy atom. The monoisotopic (exact) mass is 419 g/mol. The van der Waals surface area contributed by atoms with Crippen LogP contribution in [-0.2, 0) is 16.0 Å². The number of fused-ring (bicyclic) bond motifs is 1. The average Bonchev–Trinajstić information content (AvgIpc) is 3.30. The number of nitrogens with one attached hydrogen (secondary N) is 3. The van der Waals surface area contributed by atoms with Crippen LogP contribution in [0.1, 0.15) is 23.0 Å². The molecule has 1 unspecified atom stereocenters. The Morgan fingerprint density at radius 3 is 2.65 bits per heavy atom. The number of anilines is 2. The van der Waals surface area contributed by atoms with Gasteiger partial charge in [-0.3, -0.25) is 14.4 Å². The molecule has 1 aliphatic heterocycles. The maximum Gasteiger partial charge on any atom is 0.287 e. The molecule has 8 heteroatoms. The summed E-state index contributed by atoms with van der Waals surface area (Å²) in [7, 11) is 0. The Balaban J connectivity index is 1.52. The lowest BCUT2D eigenvalue weighted by atomic mass is 10.0. The van der Waals surface area contributed by atoms with Gasteiger partial charge in [-0.25, -0.2) is 0 Å². The second kappa shape index (κ2) is 8.74. The van der Waals surface area contributed by atoms with Gasteiger partial charge < -0.3 is 25.1 Å². The second-order valence-corrected chi connectivity index (χ2v) is 7.14. The lowest BCUT2D eigenvalue weighted by Crippen LogP contribution is -2.45. The van der Waals surface area contributed by atoms with E-state index >= 15 is 0 Å². The van der Waals surface area contributed by atoms with E-state index in [-0.39, 0.29) is 11.7 Å². The van der Waals surface area contributed by atoms with Crippen LogP contribution in [0, 0.1) is 0 Å². The van der Waals surface area contributed by atoms with Crippen LogP contribution in [0.3, 0.4) is 0 Å². The zero-order valence-corrected chi connectivity index (χ0v) is 16.8. The zero-order chi connectivity index (χ0) is 21.8. The fourth-order valence-electron chi connectivity index (χ4n) is 3.21. The van der Waals surface area contributed by atoms with Crippen LogP contribution in [0.2, 0.25) is 0 Å². The van der Waals surface area contributed by atoms with E-state index in [1.807, 2.05) is 30.3 Å². The number of hydrogen-bond donors (Lipinski definition) is 3. The molecule has 1 aliphatic rings. The van der Waals surface area contributed by atoms with Crippen LogP contribution >= 0.6 is 0 Å². The highest BCUT2D eigenvalue weighted by Gasteiger charge is 2.26. The van der Waals surface area contributed by atoms with Crippen LogP contribution in [0.5, 0.6) is 5.75 Å². The molecule has 0 fully saturated rings. The first-order valence-corrected chi connectivity index (χ1v) is 9.80. The molecule has 0 radical (unpaired) electrons. The predicted molar refractivity (Wildman–Crippen MR) is 114 cm³/mol. The molecule has 31 heavy (non-hydrogen) atoms. The first kappa shape index (κ1) is 20.2. The largest absolute Gasteiger partial charge is 0.479 e. The highest BCUT2D eigenvalue weighted by atomic mass is 16.5. The van der Waals surface area contributed by atoms with Crippen LogP contribution < -0.4 is 20.7 Å².